The number of nitrogens with zero attached hydrogens (tertiary/aromatic N) is 2. The Kier molecular flexibility index (Phi) is 3.68. The number of fused-ring (bicyclic) bond motifs is 3. The normalized spacial score (nSPS) is 17.7. The smallest absolute Gasteiger partial charge is 0.423 e. The van der Waals surface area contributed by atoms with Crippen molar-refractivity contribution in [2.75, 3.05) is 0 Å². The van der Waals surface area contributed by atoms with Crippen LogP contribution in [-0.4, -0.2) is 27.9 Å². The first kappa shape index (κ1) is 16.8. The molecule has 2 heterocycles. The second kappa shape index (κ2) is 5.69. The van der Waals surface area contributed by atoms with Gasteiger partial charge in [0.2, 0.25) is 0 Å². The molecule has 2 aromatic carbocycles. The van der Waals surface area contributed by atoms with Crippen molar-refractivity contribution in [2.24, 2.45) is 4.99 Å². The predicted molar refractivity (Wildman–Crippen MR) is 110 cm³/mol. The minimum Gasteiger partial charge on any atom is -0.423 e. The van der Waals surface area contributed by atoms with E-state index in [0.717, 1.165) is 38.6 Å². The molecule has 5 heteroatoms. The van der Waals surface area contributed by atoms with Crippen LogP contribution in [0.5, 0.6) is 0 Å². The molecule has 0 spiro atoms. The molecule has 0 bridgehead atoms. The molecule has 0 aliphatic carbocycles. The zero-order valence-corrected chi connectivity index (χ0v) is 15.2. The molecule has 0 unspecified atom stereocenters. The van der Waals surface area contributed by atoms with Crippen molar-refractivity contribution in [1.82, 2.24) is 4.57 Å². The van der Waals surface area contributed by atoms with E-state index in [1.54, 1.807) is 6.21 Å². The third-order valence-corrected chi connectivity index (χ3v) is 5.37. The highest BCUT2D eigenvalue weighted by Crippen LogP contribution is 2.48. The summed E-state index contributed by atoms with van der Waals surface area (Å²) >= 11 is 0. The quantitative estimate of drug-likeness (QED) is 0.554. The summed E-state index contributed by atoms with van der Waals surface area (Å²) in [5.74, 6) is 0. The van der Waals surface area contributed by atoms with Gasteiger partial charge in [0.25, 0.3) is 0 Å². The van der Waals surface area contributed by atoms with Gasteiger partial charge in [-0.05, 0) is 24.0 Å². The van der Waals surface area contributed by atoms with Crippen LogP contribution in [0.15, 0.2) is 59.7 Å². The second-order valence-corrected chi connectivity index (χ2v) is 7.21. The number of allylic oxidation sites excluding steroid dienone is 2. The molecular weight excluding hydrogens is 323 g/mol. The van der Waals surface area contributed by atoms with E-state index in [1.165, 1.54) is 0 Å². The molecule has 0 atom stereocenters. The highest BCUT2D eigenvalue weighted by atomic mass is 16.4. The molecule has 1 aliphatic heterocycles. The lowest BCUT2D eigenvalue weighted by atomic mass is 9.70. The van der Waals surface area contributed by atoms with Crippen molar-refractivity contribution in [3.05, 3.63) is 60.3 Å². The summed E-state index contributed by atoms with van der Waals surface area (Å²) in [5, 5.41) is 21.7. The number of hydrogen-bond donors (Lipinski definition) is 2. The van der Waals surface area contributed by atoms with Gasteiger partial charge in [-0.25, -0.2) is 0 Å². The molecule has 0 fully saturated rings. The maximum atomic E-state index is 9.82. The van der Waals surface area contributed by atoms with Gasteiger partial charge in [-0.15, -0.1) is 0 Å². The first-order valence-corrected chi connectivity index (χ1v) is 8.69. The average molecular weight is 344 g/mol. The largest absolute Gasteiger partial charge is 0.488 e. The van der Waals surface area contributed by atoms with Crippen molar-refractivity contribution in [3.63, 3.8) is 0 Å². The van der Waals surface area contributed by atoms with Crippen LogP contribution in [0.25, 0.3) is 27.5 Å². The number of hydrogen-bond acceptors (Lipinski definition) is 3. The molecule has 0 amide bonds. The molecule has 1 aromatic heterocycles. The lowest BCUT2D eigenvalue weighted by Crippen LogP contribution is -2.34. The fourth-order valence-corrected chi connectivity index (χ4v) is 4.04. The topological polar surface area (TPSA) is 57.8 Å². The summed E-state index contributed by atoms with van der Waals surface area (Å²) in [6, 6.07) is 11.9. The molecule has 130 valence electrons. The molecule has 0 saturated heterocycles. The summed E-state index contributed by atoms with van der Waals surface area (Å²) in [7, 11) is -1.51. The maximum Gasteiger partial charge on any atom is 0.488 e. The van der Waals surface area contributed by atoms with E-state index >= 15 is 0 Å². The van der Waals surface area contributed by atoms with Gasteiger partial charge in [0, 0.05) is 39.9 Å². The van der Waals surface area contributed by atoms with E-state index in [0.29, 0.717) is 5.46 Å². The average Bonchev–Trinajstić information content (AvgIpc) is 2.94. The number of benzene rings is 2. The lowest BCUT2D eigenvalue weighted by Gasteiger charge is -2.36. The van der Waals surface area contributed by atoms with Crippen LogP contribution in [0.4, 0.5) is 0 Å². The molecule has 0 radical (unpaired) electrons. The van der Waals surface area contributed by atoms with Crippen molar-refractivity contribution in [1.29, 1.82) is 0 Å². The third kappa shape index (κ3) is 2.14. The molecule has 4 rings (SSSR count). The highest BCUT2D eigenvalue weighted by molar-refractivity contribution is 6.59. The number of rotatable bonds is 2. The van der Waals surface area contributed by atoms with Gasteiger partial charge in [-0.2, -0.15) is 0 Å². The third-order valence-electron chi connectivity index (χ3n) is 5.37. The number of aromatic nitrogens is 1. The zero-order chi connectivity index (χ0) is 18.6. The van der Waals surface area contributed by atoms with E-state index in [9.17, 15) is 10.0 Å². The fourth-order valence-electron chi connectivity index (χ4n) is 4.04. The fraction of sp³-hybridized carbons (Fsp3) is 0.190. The van der Waals surface area contributed by atoms with Crippen LogP contribution in [-0.2, 0) is 5.41 Å². The van der Waals surface area contributed by atoms with Crippen molar-refractivity contribution in [2.45, 2.75) is 26.2 Å². The van der Waals surface area contributed by atoms with Gasteiger partial charge in [0.1, 0.15) is 0 Å². The van der Waals surface area contributed by atoms with Crippen molar-refractivity contribution < 1.29 is 10.0 Å². The Hall–Kier alpha value is -2.63. The van der Waals surface area contributed by atoms with Crippen molar-refractivity contribution in [3.8, 4) is 0 Å². The van der Waals surface area contributed by atoms with Crippen LogP contribution < -0.4 is 5.46 Å². The number of aliphatic imine (C=N–C) groups is 1. The van der Waals surface area contributed by atoms with Gasteiger partial charge in [-0.1, -0.05) is 50.8 Å². The summed E-state index contributed by atoms with van der Waals surface area (Å²) < 4.78 is 2.16. The zero-order valence-electron chi connectivity index (χ0n) is 15.2. The minimum atomic E-state index is -1.51. The van der Waals surface area contributed by atoms with E-state index in [-0.39, 0.29) is 5.41 Å². The van der Waals surface area contributed by atoms with E-state index in [1.807, 2.05) is 37.4 Å². The van der Waals surface area contributed by atoms with E-state index < -0.39 is 7.12 Å². The Balaban J connectivity index is 2.24. The maximum absolute atomic E-state index is 9.82. The Bertz CT molecular complexity index is 1120. The summed E-state index contributed by atoms with van der Waals surface area (Å²) in [6.07, 6.45) is 3.61. The Morgan fingerprint density at radius 2 is 1.88 bits per heavy atom. The standard InChI is InChI=1S/C21H21BN2O2/c1-5-23-12-18-13(2)24-19-9-7-6-8-15(19)16-10-14(22(25)26)11-17(20(16)24)21(18,3)4/h5-12,25-26H,2H2,1,3-4H3. The van der Waals surface area contributed by atoms with Gasteiger partial charge in [0.05, 0.1) is 11.0 Å². The van der Waals surface area contributed by atoms with Crippen LogP contribution in [0.2, 0.25) is 0 Å². The first-order valence-electron chi connectivity index (χ1n) is 8.69. The van der Waals surface area contributed by atoms with E-state index in [4.69, 9.17) is 0 Å². The Morgan fingerprint density at radius 1 is 1.15 bits per heavy atom. The van der Waals surface area contributed by atoms with Gasteiger partial charge in [0.15, 0.2) is 0 Å². The van der Waals surface area contributed by atoms with E-state index in [2.05, 4.69) is 42.1 Å². The molecule has 3 aromatic rings. The summed E-state index contributed by atoms with van der Waals surface area (Å²) in [4.78, 5) is 4.34. The lowest BCUT2D eigenvalue weighted by molar-refractivity contribution is 0.425. The Labute approximate surface area is 152 Å². The highest BCUT2D eigenvalue weighted by Gasteiger charge is 2.37. The molecule has 2 N–H and O–H groups in total. The SMILES string of the molecule is C=C1C(=CN=CC)C(C)(C)c2cc(B(O)O)cc3c4ccccc4n1c23. The minimum absolute atomic E-state index is 0.364. The van der Waals surface area contributed by atoms with Gasteiger partial charge in [-0.3, -0.25) is 4.99 Å². The monoisotopic (exact) mass is 344 g/mol. The molecule has 1 aliphatic rings. The molecule has 4 nitrogen and oxygen atoms in total. The van der Waals surface area contributed by atoms with Gasteiger partial charge < -0.3 is 14.6 Å². The summed E-state index contributed by atoms with van der Waals surface area (Å²) in [6.45, 7) is 10.5. The van der Waals surface area contributed by atoms with Gasteiger partial charge >= 0.3 is 7.12 Å². The van der Waals surface area contributed by atoms with Crippen LogP contribution in [0, 0.1) is 0 Å². The second-order valence-electron chi connectivity index (χ2n) is 7.21. The Morgan fingerprint density at radius 3 is 2.58 bits per heavy atom. The predicted octanol–water partition coefficient (Wildman–Crippen LogP) is 3.21. The van der Waals surface area contributed by atoms with Crippen LogP contribution in [0.1, 0.15) is 26.3 Å². The van der Waals surface area contributed by atoms with Crippen LogP contribution >= 0.6 is 0 Å². The molecule has 26 heavy (non-hydrogen) atoms. The molecule has 0 saturated carbocycles. The molecular formula is C21H21BN2O2. The van der Waals surface area contributed by atoms with Crippen molar-refractivity contribution >= 4 is 46.3 Å². The summed E-state index contributed by atoms with van der Waals surface area (Å²) in [5.41, 5.74) is 5.21. The first-order chi connectivity index (χ1) is 12.4. The van der Waals surface area contributed by atoms with Crippen LogP contribution in [0.3, 0.4) is 0 Å². The number of para-hydroxylation sites is 1.